The van der Waals surface area contributed by atoms with Crippen molar-refractivity contribution < 1.29 is 4.74 Å². The van der Waals surface area contributed by atoms with Crippen molar-refractivity contribution >= 4 is 0 Å². The molecule has 1 heteroatoms. The molecule has 0 saturated heterocycles. The van der Waals surface area contributed by atoms with Crippen molar-refractivity contribution in [3.63, 3.8) is 0 Å². The lowest BCUT2D eigenvalue weighted by molar-refractivity contribution is 0.0911. The van der Waals surface area contributed by atoms with Gasteiger partial charge in [-0.2, -0.15) is 0 Å². The maximum absolute atomic E-state index is 5.87. The zero-order valence-corrected chi connectivity index (χ0v) is 8.80. The number of hydrogen-bond acceptors (Lipinski definition) is 1. The fourth-order valence-electron chi connectivity index (χ4n) is 2.75. The summed E-state index contributed by atoms with van der Waals surface area (Å²) in [6, 6.07) is 0. The zero-order chi connectivity index (χ0) is 9.10. The van der Waals surface area contributed by atoms with E-state index in [1.165, 1.54) is 44.9 Å². The van der Waals surface area contributed by atoms with E-state index in [0.717, 1.165) is 18.4 Å². The zero-order valence-electron chi connectivity index (χ0n) is 8.80. The molecular formula is C12H22O. The van der Waals surface area contributed by atoms with Gasteiger partial charge in [-0.25, -0.2) is 0 Å². The van der Waals surface area contributed by atoms with Crippen LogP contribution < -0.4 is 0 Å². The molecule has 0 heterocycles. The first-order chi connectivity index (χ1) is 6.43. The minimum absolute atomic E-state index is 0.690. The molecule has 0 spiro atoms. The van der Waals surface area contributed by atoms with E-state index in [9.17, 15) is 0 Å². The highest BCUT2D eigenvalue weighted by Crippen LogP contribution is 2.53. The van der Waals surface area contributed by atoms with E-state index in [-0.39, 0.29) is 0 Å². The lowest BCUT2D eigenvalue weighted by atomic mass is 10.2. The van der Waals surface area contributed by atoms with Gasteiger partial charge in [0.15, 0.2) is 0 Å². The summed E-state index contributed by atoms with van der Waals surface area (Å²) >= 11 is 0. The Labute approximate surface area is 81.9 Å². The van der Waals surface area contributed by atoms with Gasteiger partial charge in [0.1, 0.15) is 0 Å². The van der Waals surface area contributed by atoms with Crippen molar-refractivity contribution in [1.82, 2.24) is 0 Å². The van der Waals surface area contributed by atoms with E-state index in [0.29, 0.717) is 6.10 Å². The molecule has 0 amide bonds. The van der Waals surface area contributed by atoms with Crippen molar-refractivity contribution in [2.75, 3.05) is 6.61 Å². The van der Waals surface area contributed by atoms with Gasteiger partial charge >= 0.3 is 0 Å². The summed E-state index contributed by atoms with van der Waals surface area (Å²) in [7, 11) is 0. The predicted molar refractivity (Wildman–Crippen MR) is 54.7 cm³/mol. The van der Waals surface area contributed by atoms with Crippen molar-refractivity contribution in [3.05, 3.63) is 0 Å². The lowest BCUT2D eigenvalue weighted by Crippen LogP contribution is -2.02. The monoisotopic (exact) mass is 182 g/mol. The Kier molecular flexibility index (Phi) is 3.26. The molecule has 13 heavy (non-hydrogen) atoms. The Morgan fingerprint density at radius 2 is 1.85 bits per heavy atom. The van der Waals surface area contributed by atoms with E-state index >= 15 is 0 Å². The second-order valence-electron chi connectivity index (χ2n) is 4.65. The third-order valence-electron chi connectivity index (χ3n) is 3.64. The lowest BCUT2D eigenvalue weighted by Gasteiger charge is -2.05. The molecule has 0 aromatic carbocycles. The maximum atomic E-state index is 5.87. The van der Waals surface area contributed by atoms with Crippen LogP contribution in [0, 0.1) is 11.8 Å². The minimum atomic E-state index is 0.690. The topological polar surface area (TPSA) is 9.23 Å². The Morgan fingerprint density at radius 1 is 1.08 bits per heavy atom. The average Bonchev–Trinajstić information content (AvgIpc) is 2.62. The molecule has 2 aliphatic rings. The predicted octanol–water partition coefficient (Wildman–Crippen LogP) is 3.38. The molecule has 0 aromatic rings. The van der Waals surface area contributed by atoms with Crippen molar-refractivity contribution in [2.24, 2.45) is 11.8 Å². The highest BCUT2D eigenvalue weighted by molar-refractivity contribution is 5.02. The molecule has 0 bridgehead atoms. The van der Waals surface area contributed by atoms with Gasteiger partial charge in [-0.1, -0.05) is 32.6 Å². The van der Waals surface area contributed by atoms with Crippen LogP contribution >= 0.6 is 0 Å². The third kappa shape index (κ3) is 2.25. The second-order valence-corrected chi connectivity index (χ2v) is 4.65. The molecule has 0 aromatic heterocycles. The average molecular weight is 182 g/mol. The smallest absolute Gasteiger partial charge is 0.0638 e. The van der Waals surface area contributed by atoms with Crippen molar-refractivity contribution in [1.29, 1.82) is 0 Å². The molecule has 1 nitrogen and oxygen atoms in total. The van der Waals surface area contributed by atoms with E-state index < -0.39 is 0 Å². The molecule has 0 radical (unpaired) electrons. The normalized spacial score (nSPS) is 36.2. The van der Waals surface area contributed by atoms with Gasteiger partial charge in [0.25, 0.3) is 0 Å². The Balaban J connectivity index is 1.46. The molecule has 2 rings (SSSR count). The molecule has 0 aliphatic heterocycles. The van der Waals surface area contributed by atoms with Crippen LogP contribution in [-0.4, -0.2) is 12.7 Å². The second kappa shape index (κ2) is 4.45. The van der Waals surface area contributed by atoms with Gasteiger partial charge < -0.3 is 4.74 Å². The van der Waals surface area contributed by atoms with Crippen LogP contribution in [0.1, 0.15) is 51.9 Å². The molecule has 2 aliphatic carbocycles. The minimum Gasteiger partial charge on any atom is -0.378 e. The number of hydrogen-bond donors (Lipinski definition) is 0. The van der Waals surface area contributed by atoms with E-state index in [4.69, 9.17) is 4.74 Å². The Hall–Kier alpha value is -0.0400. The van der Waals surface area contributed by atoms with E-state index in [2.05, 4.69) is 6.92 Å². The summed E-state index contributed by atoms with van der Waals surface area (Å²) in [5, 5.41) is 0. The number of unbranched alkanes of at least 4 members (excludes halogenated alkanes) is 3. The van der Waals surface area contributed by atoms with E-state index in [1.807, 2.05) is 0 Å². The van der Waals surface area contributed by atoms with Crippen molar-refractivity contribution in [2.45, 2.75) is 58.0 Å². The van der Waals surface area contributed by atoms with Gasteiger partial charge in [-0.05, 0) is 31.1 Å². The fraction of sp³-hybridized carbons (Fsp3) is 1.00. The van der Waals surface area contributed by atoms with Gasteiger partial charge in [0, 0.05) is 6.61 Å². The number of ether oxygens (including phenoxy) is 1. The van der Waals surface area contributed by atoms with Crippen LogP contribution in [0.3, 0.4) is 0 Å². The van der Waals surface area contributed by atoms with Crippen LogP contribution in [0.4, 0.5) is 0 Å². The maximum Gasteiger partial charge on any atom is 0.0638 e. The highest BCUT2D eigenvalue weighted by Gasteiger charge is 2.53. The van der Waals surface area contributed by atoms with E-state index in [1.54, 1.807) is 0 Å². The van der Waals surface area contributed by atoms with Gasteiger partial charge in [0.05, 0.1) is 6.10 Å². The molecule has 0 N–H and O–H groups in total. The van der Waals surface area contributed by atoms with Crippen LogP contribution in [0.25, 0.3) is 0 Å². The molecule has 2 saturated carbocycles. The molecule has 2 fully saturated rings. The summed E-state index contributed by atoms with van der Waals surface area (Å²) in [5.41, 5.74) is 0. The van der Waals surface area contributed by atoms with Crippen molar-refractivity contribution in [3.8, 4) is 0 Å². The SMILES string of the molecule is CCCCCCOC1[C@H]2CCC[C@@H]12. The van der Waals surface area contributed by atoms with Gasteiger partial charge in [-0.15, -0.1) is 0 Å². The Bertz CT molecular complexity index is 145. The summed E-state index contributed by atoms with van der Waals surface area (Å²) < 4.78 is 5.87. The van der Waals surface area contributed by atoms with Crippen LogP contribution in [-0.2, 0) is 4.74 Å². The number of fused-ring (bicyclic) bond motifs is 1. The first-order valence-corrected chi connectivity index (χ1v) is 6.05. The van der Waals surface area contributed by atoms with Crippen LogP contribution in [0.5, 0.6) is 0 Å². The molecule has 1 unspecified atom stereocenters. The van der Waals surface area contributed by atoms with Crippen LogP contribution in [0.15, 0.2) is 0 Å². The Morgan fingerprint density at radius 3 is 2.54 bits per heavy atom. The quantitative estimate of drug-likeness (QED) is 0.572. The highest BCUT2D eigenvalue weighted by atomic mass is 16.5. The summed E-state index contributed by atoms with van der Waals surface area (Å²) in [6.45, 7) is 3.28. The first-order valence-electron chi connectivity index (χ1n) is 6.05. The molecule has 76 valence electrons. The van der Waals surface area contributed by atoms with Gasteiger partial charge in [-0.3, -0.25) is 0 Å². The largest absolute Gasteiger partial charge is 0.378 e. The summed E-state index contributed by atoms with van der Waals surface area (Å²) in [5.74, 6) is 1.96. The third-order valence-corrected chi connectivity index (χ3v) is 3.64. The summed E-state index contributed by atoms with van der Waals surface area (Å²) in [6.07, 6.45) is 10.4. The van der Waals surface area contributed by atoms with Crippen LogP contribution in [0.2, 0.25) is 0 Å². The molecular weight excluding hydrogens is 160 g/mol. The first kappa shape index (κ1) is 9.51. The summed E-state index contributed by atoms with van der Waals surface area (Å²) in [4.78, 5) is 0. The fourth-order valence-corrected chi connectivity index (χ4v) is 2.75. The standard InChI is InChI=1S/C12H22O/c1-2-3-4-5-9-13-12-10-7-6-8-11(10)12/h10-12H,2-9H2,1H3/t10-,11+,12?. The number of rotatable bonds is 6. The van der Waals surface area contributed by atoms with Gasteiger partial charge in [0.2, 0.25) is 0 Å². The molecule has 3 atom stereocenters.